The SMILES string of the molecule is CC(C)(Oc1cccc(-c2ccoc2)c1)C(=O)Nc1ccc(Cl)cc1C(=O)O. The van der Waals surface area contributed by atoms with Crippen molar-refractivity contribution in [2.45, 2.75) is 19.4 Å². The summed E-state index contributed by atoms with van der Waals surface area (Å²) in [5.41, 5.74) is 0.558. The number of nitrogens with one attached hydrogen (secondary N) is 1. The first-order chi connectivity index (χ1) is 13.3. The maximum Gasteiger partial charge on any atom is 0.337 e. The van der Waals surface area contributed by atoms with Crippen LogP contribution >= 0.6 is 11.6 Å². The number of amides is 1. The largest absolute Gasteiger partial charge is 0.478 e. The summed E-state index contributed by atoms with van der Waals surface area (Å²) in [7, 11) is 0. The fourth-order valence-electron chi connectivity index (χ4n) is 2.58. The van der Waals surface area contributed by atoms with E-state index in [1.807, 2.05) is 18.2 Å². The van der Waals surface area contributed by atoms with E-state index in [4.69, 9.17) is 20.8 Å². The first kappa shape index (κ1) is 19.5. The minimum absolute atomic E-state index is 0.0985. The number of carbonyl (C=O) groups is 2. The fraction of sp³-hybridized carbons (Fsp3) is 0.143. The van der Waals surface area contributed by atoms with Crippen LogP contribution in [0.1, 0.15) is 24.2 Å². The Morgan fingerprint density at radius 3 is 2.57 bits per heavy atom. The molecule has 7 heteroatoms. The van der Waals surface area contributed by atoms with Crippen LogP contribution in [-0.4, -0.2) is 22.6 Å². The van der Waals surface area contributed by atoms with E-state index in [0.29, 0.717) is 5.75 Å². The topological polar surface area (TPSA) is 88.8 Å². The summed E-state index contributed by atoms with van der Waals surface area (Å²) in [6, 6.07) is 13.3. The van der Waals surface area contributed by atoms with Crippen LogP contribution in [0.3, 0.4) is 0 Å². The maximum absolute atomic E-state index is 12.7. The van der Waals surface area contributed by atoms with Gasteiger partial charge in [0.2, 0.25) is 0 Å². The molecule has 0 unspecified atom stereocenters. The summed E-state index contributed by atoms with van der Waals surface area (Å²) in [5, 5.41) is 12.2. The number of aromatic carboxylic acids is 1. The lowest BCUT2D eigenvalue weighted by Gasteiger charge is -2.26. The highest BCUT2D eigenvalue weighted by atomic mass is 35.5. The molecule has 144 valence electrons. The average molecular weight is 400 g/mol. The number of hydrogen-bond acceptors (Lipinski definition) is 4. The Labute approximate surface area is 166 Å². The Kier molecular flexibility index (Phi) is 5.42. The molecule has 2 N–H and O–H groups in total. The second-order valence-electron chi connectivity index (χ2n) is 6.60. The van der Waals surface area contributed by atoms with E-state index in [0.717, 1.165) is 11.1 Å². The number of carbonyl (C=O) groups excluding carboxylic acids is 1. The van der Waals surface area contributed by atoms with Gasteiger partial charge in [-0.1, -0.05) is 23.7 Å². The molecule has 28 heavy (non-hydrogen) atoms. The summed E-state index contributed by atoms with van der Waals surface area (Å²) < 4.78 is 11.0. The lowest BCUT2D eigenvalue weighted by atomic mass is 10.1. The average Bonchev–Trinajstić information content (AvgIpc) is 3.17. The fourth-order valence-corrected chi connectivity index (χ4v) is 2.76. The Morgan fingerprint density at radius 2 is 1.89 bits per heavy atom. The van der Waals surface area contributed by atoms with Gasteiger partial charge in [0.05, 0.1) is 23.8 Å². The number of benzene rings is 2. The van der Waals surface area contributed by atoms with E-state index < -0.39 is 17.5 Å². The van der Waals surface area contributed by atoms with Crippen LogP contribution in [0.5, 0.6) is 5.75 Å². The number of carboxylic acids is 1. The highest BCUT2D eigenvalue weighted by Gasteiger charge is 2.31. The van der Waals surface area contributed by atoms with Gasteiger partial charge in [-0.25, -0.2) is 4.79 Å². The Bertz CT molecular complexity index is 1010. The highest BCUT2D eigenvalue weighted by Crippen LogP contribution is 2.28. The van der Waals surface area contributed by atoms with Gasteiger partial charge in [-0.3, -0.25) is 4.79 Å². The van der Waals surface area contributed by atoms with Gasteiger partial charge in [-0.2, -0.15) is 0 Å². The van der Waals surface area contributed by atoms with Crippen LogP contribution in [0, 0.1) is 0 Å². The Balaban J connectivity index is 1.79. The predicted octanol–water partition coefficient (Wildman–Crippen LogP) is 5.09. The standard InChI is InChI=1S/C21H18ClNO5/c1-21(2,20(26)23-18-7-6-15(22)11-17(18)19(24)25)28-16-5-3-4-13(10-16)14-8-9-27-12-14/h3-12H,1-2H3,(H,23,26)(H,24,25). The second-order valence-corrected chi connectivity index (χ2v) is 7.04. The predicted molar refractivity (Wildman–Crippen MR) is 106 cm³/mol. The minimum atomic E-state index is -1.26. The molecule has 0 atom stereocenters. The van der Waals surface area contributed by atoms with Gasteiger partial charge in [0.15, 0.2) is 5.60 Å². The molecule has 3 aromatic rings. The smallest absolute Gasteiger partial charge is 0.337 e. The molecule has 0 aliphatic rings. The van der Waals surface area contributed by atoms with Gasteiger partial charge < -0.3 is 19.6 Å². The zero-order valence-corrected chi connectivity index (χ0v) is 16.0. The Hall–Kier alpha value is -3.25. The normalized spacial score (nSPS) is 11.1. The lowest BCUT2D eigenvalue weighted by molar-refractivity contribution is -0.128. The van der Waals surface area contributed by atoms with Gasteiger partial charge in [0.25, 0.3) is 5.91 Å². The molecular weight excluding hydrogens is 382 g/mol. The van der Waals surface area contributed by atoms with E-state index in [9.17, 15) is 14.7 Å². The number of hydrogen-bond donors (Lipinski definition) is 2. The molecule has 2 aromatic carbocycles. The molecule has 6 nitrogen and oxygen atoms in total. The number of halogens is 1. The first-order valence-electron chi connectivity index (χ1n) is 8.42. The van der Waals surface area contributed by atoms with Crippen LogP contribution < -0.4 is 10.1 Å². The van der Waals surface area contributed by atoms with Crippen molar-refractivity contribution in [2.24, 2.45) is 0 Å². The number of ether oxygens (including phenoxy) is 1. The van der Waals surface area contributed by atoms with Gasteiger partial charge in [-0.05, 0) is 55.8 Å². The van der Waals surface area contributed by atoms with Crippen molar-refractivity contribution in [3.63, 3.8) is 0 Å². The summed E-state index contributed by atoms with van der Waals surface area (Å²) >= 11 is 5.84. The molecular formula is C21H18ClNO5. The molecule has 1 aromatic heterocycles. The molecule has 0 saturated heterocycles. The Morgan fingerprint density at radius 1 is 1.11 bits per heavy atom. The van der Waals surface area contributed by atoms with Crippen molar-refractivity contribution < 1.29 is 23.8 Å². The van der Waals surface area contributed by atoms with Gasteiger partial charge in [0.1, 0.15) is 5.75 Å². The van der Waals surface area contributed by atoms with E-state index in [1.165, 1.54) is 18.2 Å². The van der Waals surface area contributed by atoms with E-state index in [-0.39, 0.29) is 16.3 Å². The van der Waals surface area contributed by atoms with Crippen LogP contribution in [0.2, 0.25) is 5.02 Å². The van der Waals surface area contributed by atoms with Crippen molar-refractivity contribution in [1.82, 2.24) is 0 Å². The van der Waals surface area contributed by atoms with E-state index in [2.05, 4.69) is 5.32 Å². The van der Waals surface area contributed by atoms with Crippen molar-refractivity contribution >= 4 is 29.2 Å². The van der Waals surface area contributed by atoms with Crippen LogP contribution in [-0.2, 0) is 4.79 Å². The summed E-state index contributed by atoms with van der Waals surface area (Å²) in [6.07, 6.45) is 3.19. The molecule has 3 rings (SSSR count). The molecule has 0 bridgehead atoms. The van der Waals surface area contributed by atoms with Gasteiger partial charge in [0, 0.05) is 10.6 Å². The maximum atomic E-state index is 12.7. The third kappa shape index (κ3) is 4.35. The van der Waals surface area contributed by atoms with Gasteiger partial charge >= 0.3 is 5.97 Å². The molecule has 1 heterocycles. The number of carboxylic acid groups (broad SMARTS) is 1. The van der Waals surface area contributed by atoms with Crippen molar-refractivity contribution in [1.29, 1.82) is 0 Å². The second kappa shape index (κ2) is 7.78. The molecule has 0 aliphatic heterocycles. The van der Waals surface area contributed by atoms with Crippen LogP contribution in [0.25, 0.3) is 11.1 Å². The van der Waals surface area contributed by atoms with Gasteiger partial charge in [-0.15, -0.1) is 0 Å². The van der Waals surface area contributed by atoms with Crippen molar-refractivity contribution in [3.8, 4) is 16.9 Å². The van der Waals surface area contributed by atoms with Crippen molar-refractivity contribution in [2.75, 3.05) is 5.32 Å². The monoisotopic (exact) mass is 399 g/mol. The zero-order chi connectivity index (χ0) is 20.3. The molecule has 0 saturated carbocycles. The first-order valence-corrected chi connectivity index (χ1v) is 8.80. The molecule has 0 radical (unpaired) electrons. The number of rotatable bonds is 6. The zero-order valence-electron chi connectivity index (χ0n) is 15.2. The molecule has 0 fully saturated rings. The lowest BCUT2D eigenvalue weighted by Crippen LogP contribution is -2.42. The minimum Gasteiger partial charge on any atom is -0.478 e. The molecule has 0 spiro atoms. The van der Waals surface area contributed by atoms with E-state index >= 15 is 0 Å². The summed E-state index contributed by atoms with van der Waals surface area (Å²) in [5.74, 6) is -1.19. The quantitative estimate of drug-likeness (QED) is 0.602. The van der Waals surface area contributed by atoms with Crippen LogP contribution in [0.4, 0.5) is 5.69 Å². The highest BCUT2D eigenvalue weighted by molar-refractivity contribution is 6.31. The third-order valence-electron chi connectivity index (χ3n) is 4.07. The van der Waals surface area contributed by atoms with Crippen molar-refractivity contribution in [3.05, 3.63) is 71.6 Å². The number of anilines is 1. The third-order valence-corrected chi connectivity index (χ3v) is 4.30. The van der Waals surface area contributed by atoms with E-state index in [1.54, 1.807) is 38.5 Å². The summed E-state index contributed by atoms with van der Waals surface area (Å²) in [6.45, 7) is 3.20. The number of furan rings is 1. The van der Waals surface area contributed by atoms with Crippen LogP contribution in [0.15, 0.2) is 65.5 Å². The molecule has 0 aliphatic carbocycles. The molecule has 1 amide bonds. The summed E-state index contributed by atoms with van der Waals surface area (Å²) in [4.78, 5) is 24.1.